The molecule has 11 nitrogen and oxygen atoms in total. The fraction of sp³-hybridized carbons (Fsp3) is 0.208. The molecule has 0 fully saturated rings. The van der Waals surface area contributed by atoms with Gasteiger partial charge in [0.1, 0.15) is 0 Å². The Morgan fingerprint density at radius 1 is 0.943 bits per heavy atom. The number of pyridine rings is 2. The molecular weight excluding hydrogens is 450 g/mol. The molecule has 3 aromatic heterocycles. The number of hydrogen-bond donors (Lipinski definition) is 0. The molecule has 3 heterocycles. The van der Waals surface area contributed by atoms with Crippen LogP contribution >= 0.6 is 0 Å². The first-order valence-corrected chi connectivity index (χ1v) is 10.4. The molecule has 35 heavy (non-hydrogen) atoms. The molecule has 0 aliphatic rings. The van der Waals surface area contributed by atoms with Crippen molar-refractivity contribution in [2.24, 2.45) is 10.2 Å². The molecule has 0 spiro atoms. The summed E-state index contributed by atoms with van der Waals surface area (Å²) < 4.78 is 1.47. The lowest BCUT2D eigenvalue weighted by atomic mass is 10.1. The average Bonchev–Trinajstić information content (AvgIpc) is 2.84. The normalized spacial score (nSPS) is 10.8. The van der Waals surface area contributed by atoms with Crippen molar-refractivity contribution in [2.75, 3.05) is 14.1 Å². The van der Waals surface area contributed by atoms with Crippen LogP contribution in [0.1, 0.15) is 24.3 Å². The molecule has 3 aromatic rings. The van der Waals surface area contributed by atoms with Crippen LogP contribution in [-0.4, -0.2) is 62.1 Å². The molecule has 180 valence electrons. The van der Waals surface area contributed by atoms with Crippen LogP contribution in [-0.2, 0) is 9.59 Å². The van der Waals surface area contributed by atoms with Crippen LogP contribution in [0.5, 0.6) is 0 Å². The summed E-state index contributed by atoms with van der Waals surface area (Å²) in [7, 11) is 3.58. The molecule has 0 bridgehead atoms. The van der Waals surface area contributed by atoms with Crippen LogP contribution in [0, 0.1) is 0 Å². The predicted octanol–water partition coefficient (Wildman–Crippen LogP) is 2.60. The highest BCUT2D eigenvalue weighted by atomic mass is 16.2. The maximum absolute atomic E-state index is 12.0. The summed E-state index contributed by atoms with van der Waals surface area (Å²) in [6.45, 7) is 2.63. The van der Waals surface area contributed by atoms with E-state index in [0.717, 1.165) is 5.69 Å². The topological polar surface area (TPSA) is 140 Å². The van der Waals surface area contributed by atoms with E-state index in [1.807, 2.05) is 0 Å². The predicted molar refractivity (Wildman–Crippen MR) is 129 cm³/mol. The lowest BCUT2D eigenvalue weighted by Gasteiger charge is -2.06. The van der Waals surface area contributed by atoms with E-state index in [0.29, 0.717) is 5.69 Å². The van der Waals surface area contributed by atoms with Crippen LogP contribution in [0.3, 0.4) is 0 Å². The molecule has 0 aromatic carbocycles. The Balaban J connectivity index is 0.000000258. The van der Waals surface area contributed by atoms with E-state index < -0.39 is 17.3 Å². The van der Waals surface area contributed by atoms with Gasteiger partial charge in [0.15, 0.2) is 23.3 Å². The summed E-state index contributed by atoms with van der Waals surface area (Å²) in [6, 6.07) is 7.09. The molecule has 3 rings (SSSR count). The molecule has 0 amide bonds. The summed E-state index contributed by atoms with van der Waals surface area (Å²) in [4.78, 5) is 55.1. The van der Waals surface area contributed by atoms with Crippen LogP contribution in [0.15, 0.2) is 88.6 Å². The highest BCUT2D eigenvalue weighted by Crippen LogP contribution is 2.10. The van der Waals surface area contributed by atoms with E-state index in [2.05, 4.69) is 25.3 Å². The Labute approximate surface area is 201 Å². The summed E-state index contributed by atoms with van der Waals surface area (Å²) in [5, 5.41) is 11.6. The number of ketones is 3. The lowest BCUT2D eigenvalue weighted by Crippen LogP contribution is -2.23. The van der Waals surface area contributed by atoms with Gasteiger partial charge in [0.25, 0.3) is 0 Å². The number of hydrogen-bond acceptors (Lipinski definition) is 10. The molecule has 0 aliphatic heterocycles. The second kappa shape index (κ2) is 13.1. The number of carbonyl (C=O) groups excluding carboxylic acids is 3. The Morgan fingerprint density at radius 3 is 2.06 bits per heavy atom. The van der Waals surface area contributed by atoms with Gasteiger partial charge < -0.3 is 4.90 Å². The molecule has 0 atom stereocenters. The van der Waals surface area contributed by atoms with Gasteiger partial charge in [0.05, 0.1) is 11.4 Å². The Morgan fingerprint density at radius 2 is 1.51 bits per heavy atom. The van der Waals surface area contributed by atoms with Crippen LogP contribution in [0.4, 0.5) is 5.69 Å². The third-order valence-corrected chi connectivity index (χ3v) is 4.21. The van der Waals surface area contributed by atoms with Crippen molar-refractivity contribution in [3.63, 3.8) is 0 Å². The minimum absolute atomic E-state index is 0.109. The number of rotatable bonds is 8. The number of Topliss-reactive ketones (excluding diaryl/α,β-unsaturated/α-hetero) is 2. The minimum Gasteiger partial charge on any atom is -0.383 e. The average molecular weight is 476 g/mol. The van der Waals surface area contributed by atoms with Gasteiger partial charge in [-0.25, -0.2) is 4.68 Å². The molecule has 0 aliphatic carbocycles. The van der Waals surface area contributed by atoms with Crippen molar-refractivity contribution in [2.45, 2.75) is 19.9 Å². The lowest BCUT2D eigenvalue weighted by molar-refractivity contribution is -0.126. The zero-order valence-corrected chi connectivity index (χ0v) is 19.8. The second-order valence-electron chi connectivity index (χ2n) is 7.37. The molecule has 0 unspecified atom stereocenters. The summed E-state index contributed by atoms with van der Waals surface area (Å²) in [6.07, 6.45) is 10.8. The Bertz CT molecular complexity index is 1260. The Hall–Kier alpha value is -4.67. The highest BCUT2D eigenvalue weighted by molar-refractivity contribution is 6.04. The van der Waals surface area contributed by atoms with E-state index in [1.54, 1.807) is 74.2 Å². The fourth-order valence-corrected chi connectivity index (χ4v) is 2.50. The van der Waals surface area contributed by atoms with E-state index in [1.165, 1.54) is 36.9 Å². The smallest absolute Gasteiger partial charge is 0.211 e. The quantitative estimate of drug-likeness (QED) is 0.210. The number of carbonyl (C=O) groups is 3. The molecule has 0 saturated heterocycles. The van der Waals surface area contributed by atoms with E-state index in [4.69, 9.17) is 0 Å². The zero-order valence-electron chi connectivity index (χ0n) is 19.8. The third-order valence-electron chi connectivity index (χ3n) is 4.21. The minimum atomic E-state index is -0.988. The summed E-state index contributed by atoms with van der Waals surface area (Å²) in [5.41, 5.74) is 0.786. The number of allylic oxidation sites excluding steroid dienone is 1. The molecule has 0 radical (unpaired) electrons. The molecule has 11 heteroatoms. The first kappa shape index (κ1) is 26.6. The van der Waals surface area contributed by atoms with Crippen LogP contribution in [0.2, 0.25) is 0 Å². The van der Waals surface area contributed by atoms with Crippen molar-refractivity contribution >= 4 is 23.0 Å². The van der Waals surface area contributed by atoms with Crippen LogP contribution in [0.25, 0.3) is 5.69 Å². The standard InChI is InChI=1S/C14H14N4O2.C10H11N3O2/c1-17(2)9-5-12(19)14-13(20)6-10-18(16-14)11-3-7-15-8-4-11;1-7(14)10(8(2)15)13-12-9-3-5-11-6-4-9/h3-10H,1-2H3;3-6,10H,1-2H3/b9-5+;. The van der Waals surface area contributed by atoms with Gasteiger partial charge in [-0.2, -0.15) is 15.3 Å². The molecular formula is C24H25N7O4. The fourth-order valence-electron chi connectivity index (χ4n) is 2.50. The van der Waals surface area contributed by atoms with Gasteiger partial charge in [-0.15, -0.1) is 0 Å². The first-order valence-electron chi connectivity index (χ1n) is 10.4. The van der Waals surface area contributed by atoms with Gasteiger partial charge in [0.2, 0.25) is 11.2 Å². The summed E-state index contributed by atoms with van der Waals surface area (Å²) in [5.74, 6) is -1.03. The van der Waals surface area contributed by atoms with E-state index in [9.17, 15) is 19.2 Å². The van der Waals surface area contributed by atoms with Gasteiger partial charge >= 0.3 is 0 Å². The van der Waals surface area contributed by atoms with Crippen molar-refractivity contribution in [1.29, 1.82) is 0 Å². The van der Waals surface area contributed by atoms with Crippen molar-refractivity contribution < 1.29 is 14.4 Å². The largest absolute Gasteiger partial charge is 0.383 e. The second-order valence-corrected chi connectivity index (χ2v) is 7.37. The van der Waals surface area contributed by atoms with E-state index in [-0.39, 0.29) is 17.3 Å². The number of nitrogens with zero attached hydrogens (tertiary/aromatic N) is 7. The third kappa shape index (κ3) is 8.65. The number of azo groups is 1. The maximum atomic E-state index is 12.0. The van der Waals surface area contributed by atoms with Gasteiger partial charge in [-0.05, 0) is 38.1 Å². The van der Waals surface area contributed by atoms with Crippen molar-refractivity contribution in [3.8, 4) is 5.69 Å². The van der Waals surface area contributed by atoms with Gasteiger partial charge in [0, 0.05) is 63.4 Å². The Kier molecular flexibility index (Phi) is 9.98. The van der Waals surface area contributed by atoms with Crippen LogP contribution < -0.4 is 5.43 Å². The SMILES string of the molecule is CC(=O)C(N=Nc1ccncc1)C(C)=O.CN(C)/C=C/C(=O)c1nn(-c2ccncc2)ccc1=O. The van der Waals surface area contributed by atoms with Gasteiger partial charge in [-0.3, -0.25) is 29.1 Å². The van der Waals surface area contributed by atoms with E-state index >= 15 is 0 Å². The monoisotopic (exact) mass is 475 g/mol. The van der Waals surface area contributed by atoms with Crippen molar-refractivity contribution in [1.82, 2.24) is 24.6 Å². The van der Waals surface area contributed by atoms with Crippen molar-refractivity contribution in [3.05, 3.63) is 89.5 Å². The van der Waals surface area contributed by atoms with Gasteiger partial charge in [-0.1, -0.05) is 0 Å². The first-order chi connectivity index (χ1) is 16.7. The number of aromatic nitrogens is 4. The maximum Gasteiger partial charge on any atom is 0.211 e. The highest BCUT2D eigenvalue weighted by Gasteiger charge is 2.18. The molecule has 0 N–H and O–H groups in total. The zero-order chi connectivity index (χ0) is 25.8. The molecule has 0 saturated carbocycles. The summed E-state index contributed by atoms with van der Waals surface area (Å²) >= 11 is 0.